The number of H-pyrrole nitrogens is 1. The van der Waals surface area contributed by atoms with Crippen molar-refractivity contribution in [3.05, 3.63) is 18.2 Å². The van der Waals surface area contributed by atoms with Gasteiger partial charge in [0, 0.05) is 12.7 Å². The van der Waals surface area contributed by atoms with Gasteiger partial charge in [0.25, 0.3) is 0 Å². The third kappa shape index (κ3) is 3.96. The molecule has 7 heteroatoms. The number of rotatable bonds is 5. The van der Waals surface area contributed by atoms with Crippen molar-refractivity contribution < 1.29 is 14.7 Å². The molecular formula is C14H22N4O3. The van der Waals surface area contributed by atoms with Gasteiger partial charge in [-0.2, -0.15) is 0 Å². The molecule has 1 aromatic rings. The molecule has 1 aliphatic rings. The fourth-order valence-corrected chi connectivity index (χ4v) is 2.65. The maximum absolute atomic E-state index is 11.8. The summed E-state index contributed by atoms with van der Waals surface area (Å²) in [7, 11) is 0. The number of hydrogen-bond donors (Lipinski definition) is 4. The molecule has 2 amide bonds. The van der Waals surface area contributed by atoms with Crippen molar-refractivity contribution in [3.8, 4) is 0 Å². The quantitative estimate of drug-likeness (QED) is 0.660. The smallest absolute Gasteiger partial charge is 0.315 e. The molecule has 21 heavy (non-hydrogen) atoms. The lowest BCUT2D eigenvalue weighted by atomic mass is 9.71. The highest BCUT2D eigenvalue weighted by Gasteiger charge is 2.41. The first-order valence-corrected chi connectivity index (χ1v) is 7.24. The van der Waals surface area contributed by atoms with Crippen molar-refractivity contribution in [1.82, 2.24) is 20.6 Å². The zero-order valence-corrected chi connectivity index (χ0v) is 12.2. The summed E-state index contributed by atoms with van der Waals surface area (Å²) in [5, 5.41) is 14.8. The Balaban J connectivity index is 1.81. The molecule has 0 bridgehead atoms. The van der Waals surface area contributed by atoms with E-state index in [1.54, 1.807) is 6.20 Å². The third-order valence-electron chi connectivity index (χ3n) is 4.27. The van der Waals surface area contributed by atoms with E-state index in [1.165, 1.54) is 6.33 Å². The molecule has 2 rings (SSSR count). The number of hydrogen-bond acceptors (Lipinski definition) is 3. The summed E-state index contributed by atoms with van der Waals surface area (Å²) in [6.45, 7) is 2.64. The van der Waals surface area contributed by atoms with Crippen LogP contribution in [0.3, 0.4) is 0 Å². The molecule has 4 N–H and O–H groups in total. The average molecular weight is 294 g/mol. The predicted octanol–water partition coefficient (Wildman–Crippen LogP) is 1.49. The minimum atomic E-state index is -0.822. The zero-order chi connectivity index (χ0) is 15.3. The van der Waals surface area contributed by atoms with Gasteiger partial charge in [0.15, 0.2) is 0 Å². The molecular weight excluding hydrogens is 272 g/mol. The van der Waals surface area contributed by atoms with E-state index in [0.29, 0.717) is 25.3 Å². The van der Waals surface area contributed by atoms with Crippen LogP contribution in [0.2, 0.25) is 0 Å². The highest BCUT2D eigenvalue weighted by atomic mass is 16.4. The molecule has 0 unspecified atom stereocenters. The Kier molecular flexibility index (Phi) is 4.82. The van der Waals surface area contributed by atoms with Gasteiger partial charge in [-0.1, -0.05) is 6.92 Å². The first-order chi connectivity index (χ1) is 10.0. The number of carbonyl (C=O) groups is 2. The minimum Gasteiger partial charge on any atom is -0.481 e. The van der Waals surface area contributed by atoms with E-state index in [0.717, 1.165) is 18.5 Å². The highest BCUT2D eigenvalue weighted by Crippen LogP contribution is 2.38. The average Bonchev–Trinajstić information content (AvgIpc) is 2.98. The van der Waals surface area contributed by atoms with Crippen LogP contribution in [0.5, 0.6) is 0 Å². The van der Waals surface area contributed by atoms with Gasteiger partial charge in [0.2, 0.25) is 0 Å². The predicted molar refractivity (Wildman–Crippen MR) is 76.5 cm³/mol. The summed E-state index contributed by atoms with van der Waals surface area (Å²) in [6, 6.07) is -0.358. The Morgan fingerprint density at radius 1 is 1.43 bits per heavy atom. The standard InChI is InChI=1S/C14H22N4O3/c1-10-2-4-14(5-3-10,12(19)20)8-17-13(21)16-7-11-6-15-9-18-11/h6,9-10H,2-5,7-8H2,1H3,(H,15,18)(H,19,20)(H2,16,17,21). The second-order valence-electron chi connectivity index (χ2n) is 5.88. The van der Waals surface area contributed by atoms with Crippen molar-refractivity contribution >= 4 is 12.0 Å². The topological polar surface area (TPSA) is 107 Å². The van der Waals surface area contributed by atoms with Crippen LogP contribution in [0.4, 0.5) is 4.79 Å². The minimum absolute atomic E-state index is 0.170. The lowest BCUT2D eigenvalue weighted by Gasteiger charge is -2.35. The summed E-state index contributed by atoms with van der Waals surface area (Å²) < 4.78 is 0. The van der Waals surface area contributed by atoms with E-state index in [9.17, 15) is 14.7 Å². The van der Waals surface area contributed by atoms with Crippen LogP contribution < -0.4 is 10.6 Å². The zero-order valence-electron chi connectivity index (χ0n) is 12.2. The summed E-state index contributed by atoms with van der Waals surface area (Å²) in [5.41, 5.74) is -0.0257. The number of aliphatic carboxylic acids is 1. The Hall–Kier alpha value is -2.05. The molecule has 0 spiro atoms. The van der Waals surface area contributed by atoms with Gasteiger partial charge in [-0.05, 0) is 31.6 Å². The number of carboxylic acids is 1. The number of aromatic nitrogens is 2. The molecule has 1 aromatic heterocycles. The second-order valence-corrected chi connectivity index (χ2v) is 5.88. The van der Waals surface area contributed by atoms with Crippen LogP contribution >= 0.6 is 0 Å². The molecule has 1 heterocycles. The summed E-state index contributed by atoms with van der Waals surface area (Å²) >= 11 is 0. The van der Waals surface area contributed by atoms with E-state index in [-0.39, 0.29) is 12.6 Å². The Morgan fingerprint density at radius 2 is 2.14 bits per heavy atom. The maximum Gasteiger partial charge on any atom is 0.315 e. The summed E-state index contributed by atoms with van der Waals surface area (Å²) in [6.07, 6.45) is 6.18. The van der Waals surface area contributed by atoms with Gasteiger partial charge in [-0.25, -0.2) is 9.78 Å². The second kappa shape index (κ2) is 6.60. The molecule has 0 radical (unpaired) electrons. The normalized spacial score (nSPS) is 25.3. The lowest BCUT2D eigenvalue weighted by Crippen LogP contribution is -2.47. The number of imidazole rings is 1. The Labute approximate surface area is 123 Å². The largest absolute Gasteiger partial charge is 0.481 e. The van der Waals surface area contributed by atoms with Gasteiger partial charge in [-0.15, -0.1) is 0 Å². The van der Waals surface area contributed by atoms with E-state index in [1.807, 2.05) is 0 Å². The van der Waals surface area contributed by atoms with Gasteiger partial charge in [0.1, 0.15) is 0 Å². The number of urea groups is 1. The molecule has 0 saturated heterocycles. The van der Waals surface area contributed by atoms with E-state index < -0.39 is 11.4 Å². The summed E-state index contributed by atoms with van der Waals surface area (Å²) in [5.74, 6) is -0.255. The van der Waals surface area contributed by atoms with E-state index >= 15 is 0 Å². The van der Waals surface area contributed by atoms with Gasteiger partial charge < -0.3 is 20.7 Å². The monoisotopic (exact) mass is 294 g/mol. The Bertz CT molecular complexity index is 478. The molecule has 7 nitrogen and oxygen atoms in total. The number of nitrogens with one attached hydrogen (secondary N) is 3. The van der Waals surface area contributed by atoms with Crippen molar-refractivity contribution in [3.63, 3.8) is 0 Å². The maximum atomic E-state index is 11.8. The van der Waals surface area contributed by atoms with Crippen LogP contribution in [0.15, 0.2) is 12.5 Å². The number of carbonyl (C=O) groups excluding carboxylic acids is 1. The van der Waals surface area contributed by atoms with Crippen LogP contribution in [-0.2, 0) is 11.3 Å². The molecule has 0 aliphatic heterocycles. The lowest BCUT2D eigenvalue weighted by molar-refractivity contribution is -0.151. The van der Waals surface area contributed by atoms with Crippen molar-refractivity contribution in [2.45, 2.75) is 39.2 Å². The number of aromatic amines is 1. The molecule has 0 aromatic carbocycles. The van der Waals surface area contributed by atoms with Crippen LogP contribution in [0, 0.1) is 11.3 Å². The van der Waals surface area contributed by atoms with Gasteiger partial charge >= 0.3 is 12.0 Å². The van der Waals surface area contributed by atoms with Gasteiger partial charge in [-0.3, -0.25) is 4.79 Å². The molecule has 0 atom stereocenters. The van der Waals surface area contributed by atoms with E-state index in [4.69, 9.17) is 0 Å². The molecule has 1 saturated carbocycles. The fourth-order valence-electron chi connectivity index (χ4n) is 2.65. The van der Waals surface area contributed by atoms with Crippen LogP contribution in [0.1, 0.15) is 38.3 Å². The van der Waals surface area contributed by atoms with Crippen molar-refractivity contribution in [1.29, 1.82) is 0 Å². The van der Waals surface area contributed by atoms with Gasteiger partial charge in [0.05, 0.1) is 24.0 Å². The molecule has 116 valence electrons. The first-order valence-electron chi connectivity index (χ1n) is 7.24. The number of amides is 2. The van der Waals surface area contributed by atoms with E-state index in [2.05, 4.69) is 27.5 Å². The van der Waals surface area contributed by atoms with Crippen molar-refractivity contribution in [2.75, 3.05) is 6.54 Å². The SMILES string of the molecule is CC1CCC(CNC(=O)NCc2cnc[nH]2)(C(=O)O)CC1. The molecule has 1 aliphatic carbocycles. The van der Waals surface area contributed by atoms with Crippen LogP contribution in [0.25, 0.3) is 0 Å². The molecule has 1 fully saturated rings. The van der Waals surface area contributed by atoms with Crippen molar-refractivity contribution in [2.24, 2.45) is 11.3 Å². The first kappa shape index (κ1) is 15.3. The third-order valence-corrected chi connectivity index (χ3v) is 4.27. The summed E-state index contributed by atoms with van der Waals surface area (Å²) in [4.78, 5) is 30.1. The fraction of sp³-hybridized carbons (Fsp3) is 0.643. The van der Waals surface area contributed by atoms with Crippen LogP contribution in [-0.4, -0.2) is 33.6 Å². The Morgan fingerprint density at radius 3 is 2.71 bits per heavy atom. The highest BCUT2D eigenvalue weighted by molar-refractivity contribution is 5.78. The number of carboxylic acid groups (broad SMARTS) is 1. The number of nitrogens with zero attached hydrogens (tertiary/aromatic N) is 1.